The van der Waals surface area contributed by atoms with Crippen molar-refractivity contribution >= 4 is 28.6 Å². The summed E-state index contributed by atoms with van der Waals surface area (Å²) in [6, 6.07) is 17.9. The molecule has 3 amide bonds. The molecule has 9 nitrogen and oxygen atoms in total. The molecule has 0 saturated carbocycles. The molecule has 39 heavy (non-hydrogen) atoms. The van der Waals surface area contributed by atoms with Crippen molar-refractivity contribution in [1.82, 2.24) is 25.1 Å². The van der Waals surface area contributed by atoms with Crippen molar-refractivity contribution in [3.05, 3.63) is 78.4 Å². The van der Waals surface area contributed by atoms with Gasteiger partial charge in [-0.3, -0.25) is 14.4 Å². The molecule has 2 bridgehead atoms. The quantitative estimate of drug-likeness (QED) is 0.408. The van der Waals surface area contributed by atoms with Gasteiger partial charge in [0.15, 0.2) is 17.8 Å². The third-order valence-corrected chi connectivity index (χ3v) is 7.75. The first-order valence-electron chi connectivity index (χ1n) is 13.2. The number of nitrogens with one attached hydrogen (secondary N) is 2. The normalized spacial score (nSPS) is 19.5. The van der Waals surface area contributed by atoms with Crippen LogP contribution in [0.5, 0.6) is 0 Å². The molecular weight excluding hydrogens is 494 g/mol. The number of carbonyl (C=O) groups is 3. The molecule has 9 heteroatoms. The van der Waals surface area contributed by atoms with E-state index in [1.807, 2.05) is 80.3 Å². The van der Waals surface area contributed by atoms with Crippen molar-refractivity contribution in [3.63, 3.8) is 0 Å². The number of aromatic amines is 1. The number of hydrogen-bond acceptors (Lipinski definition) is 5. The lowest BCUT2D eigenvalue weighted by Crippen LogP contribution is -2.59. The number of amides is 3. The lowest BCUT2D eigenvalue weighted by Gasteiger charge is -2.39. The van der Waals surface area contributed by atoms with E-state index in [4.69, 9.17) is 4.42 Å². The Morgan fingerprint density at radius 3 is 2.38 bits per heavy atom. The fourth-order valence-electron chi connectivity index (χ4n) is 5.73. The van der Waals surface area contributed by atoms with Crippen LogP contribution in [-0.2, 0) is 4.79 Å². The lowest BCUT2D eigenvalue weighted by atomic mass is 9.85. The molecule has 2 aliphatic heterocycles. The van der Waals surface area contributed by atoms with Gasteiger partial charge >= 0.3 is 0 Å². The second-order valence-corrected chi connectivity index (χ2v) is 11.4. The van der Waals surface area contributed by atoms with Gasteiger partial charge in [0.25, 0.3) is 11.8 Å². The summed E-state index contributed by atoms with van der Waals surface area (Å²) in [5, 5.41) is 3.92. The molecular formula is C30H31N5O4. The topological polar surface area (TPSA) is 112 Å². The molecule has 0 unspecified atom stereocenters. The van der Waals surface area contributed by atoms with E-state index in [0.717, 1.165) is 16.5 Å². The molecule has 3 atom stereocenters. The van der Waals surface area contributed by atoms with Gasteiger partial charge in [-0.15, -0.1) is 0 Å². The summed E-state index contributed by atoms with van der Waals surface area (Å²) in [7, 11) is 0. The van der Waals surface area contributed by atoms with Crippen LogP contribution in [0.25, 0.3) is 22.2 Å². The van der Waals surface area contributed by atoms with Crippen LogP contribution in [0.2, 0.25) is 0 Å². The first-order chi connectivity index (χ1) is 18.7. The zero-order valence-corrected chi connectivity index (χ0v) is 22.2. The van der Waals surface area contributed by atoms with Crippen LogP contribution in [0.1, 0.15) is 48.2 Å². The van der Waals surface area contributed by atoms with Crippen LogP contribution in [0.3, 0.4) is 0 Å². The molecule has 0 aliphatic carbocycles. The third-order valence-electron chi connectivity index (χ3n) is 7.75. The fourth-order valence-corrected chi connectivity index (χ4v) is 5.73. The molecule has 0 spiro atoms. The highest BCUT2D eigenvalue weighted by molar-refractivity contribution is 6.01. The average Bonchev–Trinajstić information content (AvgIpc) is 3.73. The number of rotatable bonds is 5. The minimum absolute atomic E-state index is 0.114. The summed E-state index contributed by atoms with van der Waals surface area (Å²) >= 11 is 0. The Morgan fingerprint density at radius 1 is 1.00 bits per heavy atom. The Labute approximate surface area is 226 Å². The maximum Gasteiger partial charge on any atom is 0.276 e. The summed E-state index contributed by atoms with van der Waals surface area (Å²) in [5.74, 6) is -0.191. The lowest BCUT2D eigenvalue weighted by molar-refractivity contribution is -0.138. The zero-order valence-electron chi connectivity index (χ0n) is 22.2. The molecule has 2 aromatic carbocycles. The van der Waals surface area contributed by atoms with Crippen LogP contribution in [-0.4, -0.2) is 68.7 Å². The highest BCUT2D eigenvalue weighted by atomic mass is 16.3. The van der Waals surface area contributed by atoms with Gasteiger partial charge < -0.3 is 24.5 Å². The number of piperazine rings is 1. The molecule has 2 saturated heterocycles. The van der Waals surface area contributed by atoms with Crippen molar-refractivity contribution in [2.75, 3.05) is 13.1 Å². The second-order valence-electron chi connectivity index (χ2n) is 11.4. The number of aromatic nitrogens is 2. The molecule has 2 fully saturated rings. The molecule has 2 aromatic heterocycles. The number of hydrogen-bond donors (Lipinski definition) is 2. The smallest absolute Gasteiger partial charge is 0.276 e. The van der Waals surface area contributed by atoms with E-state index in [-0.39, 0.29) is 35.5 Å². The van der Waals surface area contributed by atoms with Gasteiger partial charge in [0.1, 0.15) is 11.7 Å². The van der Waals surface area contributed by atoms with Gasteiger partial charge in [0.05, 0.1) is 12.1 Å². The van der Waals surface area contributed by atoms with Crippen molar-refractivity contribution in [1.29, 1.82) is 0 Å². The molecule has 2 aliphatic rings. The Morgan fingerprint density at radius 2 is 1.69 bits per heavy atom. The number of H-pyrrole nitrogens is 1. The SMILES string of the molecule is CC(C)(C)[C@H](NC(=O)c1cc2ccccc2[nH]1)C(=O)N1C[C@@H]2C[C@H]1CN2C(=O)c1ncoc1-c1ccccc1. The predicted molar refractivity (Wildman–Crippen MR) is 146 cm³/mol. The third kappa shape index (κ3) is 4.47. The Kier molecular flexibility index (Phi) is 6.01. The molecule has 200 valence electrons. The zero-order chi connectivity index (χ0) is 27.3. The van der Waals surface area contributed by atoms with Crippen LogP contribution in [0.4, 0.5) is 0 Å². The van der Waals surface area contributed by atoms with E-state index in [1.54, 1.807) is 11.0 Å². The predicted octanol–water partition coefficient (Wildman–Crippen LogP) is 4.09. The molecule has 2 N–H and O–H groups in total. The molecule has 0 radical (unpaired) electrons. The average molecular weight is 526 g/mol. The second kappa shape index (κ2) is 9.41. The number of benzene rings is 2. The summed E-state index contributed by atoms with van der Waals surface area (Å²) in [4.78, 5) is 51.5. The van der Waals surface area contributed by atoms with Crippen molar-refractivity contribution < 1.29 is 18.8 Å². The maximum absolute atomic E-state index is 13.8. The molecule has 6 rings (SSSR count). The van der Waals surface area contributed by atoms with E-state index in [9.17, 15) is 14.4 Å². The van der Waals surface area contributed by atoms with Gasteiger partial charge in [-0.1, -0.05) is 69.3 Å². The van der Waals surface area contributed by atoms with Crippen molar-refractivity contribution in [2.24, 2.45) is 5.41 Å². The standard InChI is InChI=1S/C30H31N5O4/c1-30(2,3)26(33-27(36)23-13-19-11-7-8-12-22(19)32-23)29(38)35-16-20-14-21(35)15-34(20)28(37)24-25(39-17-31-24)18-9-5-4-6-10-18/h4-13,17,20-21,26,32H,14-16H2,1-3H3,(H,33,36)/t20-,21-,26+/m0/s1. The van der Waals surface area contributed by atoms with Gasteiger partial charge in [-0.05, 0) is 24.0 Å². The van der Waals surface area contributed by atoms with Crippen LogP contribution >= 0.6 is 0 Å². The summed E-state index contributed by atoms with van der Waals surface area (Å²) in [6.45, 7) is 6.68. The minimum Gasteiger partial charge on any atom is -0.443 e. The summed E-state index contributed by atoms with van der Waals surface area (Å²) in [6.07, 6.45) is 1.99. The van der Waals surface area contributed by atoms with E-state index >= 15 is 0 Å². The van der Waals surface area contributed by atoms with E-state index in [1.165, 1.54) is 6.39 Å². The number of likely N-dealkylation sites (tertiary alicyclic amines) is 2. The number of carbonyl (C=O) groups excluding carboxylic acids is 3. The van der Waals surface area contributed by atoms with E-state index < -0.39 is 11.5 Å². The largest absolute Gasteiger partial charge is 0.443 e. The molecule has 4 heterocycles. The molecule has 4 aromatic rings. The number of fused-ring (bicyclic) bond motifs is 3. The maximum atomic E-state index is 13.8. The van der Waals surface area contributed by atoms with E-state index in [2.05, 4.69) is 15.3 Å². The van der Waals surface area contributed by atoms with Crippen LogP contribution < -0.4 is 5.32 Å². The minimum atomic E-state index is -0.722. The van der Waals surface area contributed by atoms with Crippen LogP contribution in [0, 0.1) is 5.41 Å². The Hall–Kier alpha value is -4.40. The monoisotopic (exact) mass is 525 g/mol. The number of oxazole rings is 1. The first kappa shape index (κ1) is 24.9. The van der Waals surface area contributed by atoms with E-state index in [0.29, 0.717) is 31.0 Å². The number of para-hydroxylation sites is 1. The summed E-state index contributed by atoms with van der Waals surface area (Å²) < 4.78 is 5.57. The highest BCUT2D eigenvalue weighted by Gasteiger charge is 2.50. The summed E-state index contributed by atoms with van der Waals surface area (Å²) in [5.41, 5.74) is 1.84. The highest BCUT2D eigenvalue weighted by Crippen LogP contribution is 2.35. The number of nitrogens with zero attached hydrogens (tertiary/aromatic N) is 3. The Bertz CT molecular complexity index is 1520. The fraction of sp³-hybridized carbons (Fsp3) is 0.333. The van der Waals surface area contributed by atoms with Gasteiger partial charge in [-0.25, -0.2) is 4.98 Å². The van der Waals surface area contributed by atoms with Gasteiger partial charge in [0, 0.05) is 29.6 Å². The first-order valence-corrected chi connectivity index (χ1v) is 13.2. The Balaban J connectivity index is 1.17. The van der Waals surface area contributed by atoms with Gasteiger partial charge in [-0.2, -0.15) is 0 Å². The van der Waals surface area contributed by atoms with Gasteiger partial charge in [0.2, 0.25) is 5.91 Å². The van der Waals surface area contributed by atoms with Crippen molar-refractivity contribution in [2.45, 2.75) is 45.3 Å². The van der Waals surface area contributed by atoms with Crippen molar-refractivity contribution in [3.8, 4) is 11.3 Å². The van der Waals surface area contributed by atoms with Crippen LogP contribution in [0.15, 0.2) is 71.5 Å².